The summed E-state index contributed by atoms with van der Waals surface area (Å²) in [5.41, 5.74) is 8.58. The van der Waals surface area contributed by atoms with Gasteiger partial charge in [0.05, 0.1) is 23.3 Å². The van der Waals surface area contributed by atoms with Crippen molar-refractivity contribution in [3.05, 3.63) is 45.1 Å². The van der Waals surface area contributed by atoms with E-state index in [1.54, 1.807) is 11.3 Å². The Bertz CT molecular complexity index is 731. The van der Waals surface area contributed by atoms with Crippen LogP contribution in [-0.4, -0.2) is 14.5 Å². The molecule has 0 fully saturated rings. The van der Waals surface area contributed by atoms with Crippen LogP contribution in [0.2, 0.25) is 5.02 Å². The summed E-state index contributed by atoms with van der Waals surface area (Å²) in [6.07, 6.45) is 0. The van der Waals surface area contributed by atoms with E-state index in [0.717, 1.165) is 32.6 Å². The highest BCUT2D eigenvalue weighted by Gasteiger charge is 2.10. The van der Waals surface area contributed by atoms with E-state index in [9.17, 15) is 0 Å². The van der Waals surface area contributed by atoms with Gasteiger partial charge in [0, 0.05) is 16.9 Å². The zero-order valence-electron chi connectivity index (χ0n) is 10.4. The summed E-state index contributed by atoms with van der Waals surface area (Å²) in [6.45, 7) is 3.17. The van der Waals surface area contributed by atoms with Crippen molar-refractivity contribution >= 4 is 34.0 Å². The van der Waals surface area contributed by atoms with E-state index >= 15 is 0 Å². The summed E-state index contributed by atoms with van der Waals surface area (Å²) >= 11 is 7.65. The Kier molecular flexibility index (Phi) is 3.26. The largest absolute Gasteiger partial charge is 0.325 e. The number of aromatic nitrogens is 3. The average Bonchev–Trinajstić information content (AvgIpc) is 2.96. The number of nitrogens with zero attached hydrogens (tertiary/aromatic N) is 3. The lowest BCUT2D eigenvalue weighted by molar-refractivity contribution is 0.765. The topological polar surface area (TPSA) is 56.7 Å². The molecular formula is C13H13ClN4S. The summed E-state index contributed by atoms with van der Waals surface area (Å²) in [6, 6.07) is 5.73. The highest BCUT2D eigenvalue weighted by atomic mass is 35.5. The number of fused-ring (bicyclic) bond motifs is 1. The van der Waals surface area contributed by atoms with Gasteiger partial charge in [-0.1, -0.05) is 11.6 Å². The van der Waals surface area contributed by atoms with Crippen molar-refractivity contribution in [2.45, 2.75) is 20.0 Å². The van der Waals surface area contributed by atoms with Crippen molar-refractivity contribution in [2.24, 2.45) is 5.73 Å². The van der Waals surface area contributed by atoms with Gasteiger partial charge in [0.2, 0.25) is 0 Å². The molecule has 0 radical (unpaired) electrons. The normalized spacial score (nSPS) is 11.3. The van der Waals surface area contributed by atoms with Crippen LogP contribution >= 0.6 is 22.9 Å². The Hall–Kier alpha value is -1.43. The minimum atomic E-state index is 0.486. The van der Waals surface area contributed by atoms with Gasteiger partial charge < -0.3 is 10.3 Å². The molecule has 19 heavy (non-hydrogen) atoms. The van der Waals surface area contributed by atoms with Crippen LogP contribution in [-0.2, 0) is 13.1 Å². The number of rotatable bonds is 3. The van der Waals surface area contributed by atoms with Gasteiger partial charge >= 0.3 is 0 Å². The number of nitrogens with two attached hydrogens (primary N) is 1. The maximum Gasteiger partial charge on any atom is 0.107 e. The third-order valence-corrected chi connectivity index (χ3v) is 4.15. The third-order valence-electron chi connectivity index (χ3n) is 3.00. The number of hydrogen-bond donors (Lipinski definition) is 1. The van der Waals surface area contributed by atoms with Crippen LogP contribution in [0.5, 0.6) is 0 Å². The van der Waals surface area contributed by atoms with Gasteiger partial charge in [0.15, 0.2) is 0 Å². The van der Waals surface area contributed by atoms with Crippen molar-refractivity contribution in [2.75, 3.05) is 0 Å². The van der Waals surface area contributed by atoms with Crippen LogP contribution in [0.25, 0.3) is 11.0 Å². The number of imidazole rings is 1. The van der Waals surface area contributed by atoms with E-state index in [-0.39, 0.29) is 0 Å². The van der Waals surface area contributed by atoms with E-state index < -0.39 is 0 Å². The Labute approximate surface area is 119 Å². The fraction of sp³-hybridized carbons (Fsp3) is 0.231. The van der Waals surface area contributed by atoms with E-state index in [2.05, 4.69) is 14.5 Å². The smallest absolute Gasteiger partial charge is 0.107 e. The fourth-order valence-electron chi connectivity index (χ4n) is 2.09. The van der Waals surface area contributed by atoms with E-state index in [1.807, 2.05) is 30.5 Å². The van der Waals surface area contributed by atoms with Gasteiger partial charge in [-0.05, 0) is 25.1 Å². The molecule has 2 heterocycles. The zero-order valence-corrected chi connectivity index (χ0v) is 12.0. The molecule has 0 amide bonds. The molecule has 1 aromatic carbocycles. The second-order valence-electron chi connectivity index (χ2n) is 4.31. The van der Waals surface area contributed by atoms with Crippen molar-refractivity contribution in [3.63, 3.8) is 0 Å². The first-order valence-electron chi connectivity index (χ1n) is 5.93. The highest BCUT2D eigenvalue weighted by molar-refractivity contribution is 7.09. The molecule has 4 nitrogen and oxygen atoms in total. The monoisotopic (exact) mass is 292 g/mol. The van der Waals surface area contributed by atoms with E-state index in [1.165, 1.54) is 0 Å². The molecule has 0 aliphatic rings. The van der Waals surface area contributed by atoms with Gasteiger partial charge in [-0.2, -0.15) is 0 Å². The molecular weight excluding hydrogens is 280 g/mol. The molecule has 0 spiro atoms. The predicted molar refractivity (Wildman–Crippen MR) is 78.6 cm³/mol. The van der Waals surface area contributed by atoms with Crippen LogP contribution in [0.1, 0.15) is 16.5 Å². The first kappa shape index (κ1) is 12.6. The van der Waals surface area contributed by atoms with Gasteiger partial charge in [0.25, 0.3) is 0 Å². The Morgan fingerprint density at radius 2 is 2.21 bits per heavy atom. The second-order valence-corrected chi connectivity index (χ2v) is 5.69. The number of aryl methyl sites for hydroxylation is 1. The summed E-state index contributed by atoms with van der Waals surface area (Å²) < 4.78 is 2.12. The first-order chi connectivity index (χ1) is 9.17. The molecule has 0 bridgehead atoms. The second kappa shape index (κ2) is 4.92. The maximum absolute atomic E-state index is 6.06. The average molecular weight is 293 g/mol. The van der Waals surface area contributed by atoms with Crippen LogP contribution < -0.4 is 5.73 Å². The van der Waals surface area contributed by atoms with Crippen molar-refractivity contribution in [1.82, 2.24) is 14.5 Å². The number of hydrogen-bond acceptors (Lipinski definition) is 4. The molecule has 3 aromatic rings. The lowest BCUT2D eigenvalue weighted by Crippen LogP contribution is -2.03. The van der Waals surface area contributed by atoms with Gasteiger partial charge in [0.1, 0.15) is 10.8 Å². The van der Waals surface area contributed by atoms with Crippen molar-refractivity contribution in [1.29, 1.82) is 0 Å². The minimum absolute atomic E-state index is 0.486. The van der Waals surface area contributed by atoms with E-state index in [4.69, 9.17) is 17.3 Å². The standard InChI is InChI=1S/C13H13ClN4S/c1-8-16-11-3-2-9(14)4-12(11)18(8)6-10-7-19-13(5-15)17-10/h2-4,7H,5-6,15H2,1H3. The zero-order chi connectivity index (χ0) is 13.4. The van der Waals surface area contributed by atoms with Crippen LogP contribution in [0, 0.1) is 6.92 Å². The molecule has 6 heteroatoms. The Balaban J connectivity index is 2.04. The molecule has 0 unspecified atom stereocenters. The number of thiazole rings is 1. The van der Waals surface area contributed by atoms with Gasteiger partial charge in [-0.25, -0.2) is 9.97 Å². The lowest BCUT2D eigenvalue weighted by atomic mass is 10.3. The van der Waals surface area contributed by atoms with Crippen LogP contribution in [0.3, 0.4) is 0 Å². The minimum Gasteiger partial charge on any atom is -0.325 e. The van der Waals surface area contributed by atoms with Gasteiger partial charge in [-0.15, -0.1) is 11.3 Å². The Morgan fingerprint density at radius 1 is 1.37 bits per heavy atom. The molecule has 2 N–H and O–H groups in total. The molecule has 0 saturated carbocycles. The maximum atomic E-state index is 6.06. The molecule has 98 valence electrons. The molecule has 0 aliphatic heterocycles. The molecule has 3 rings (SSSR count). The molecule has 0 aliphatic carbocycles. The quantitative estimate of drug-likeness (QED) is 0.807. The van der Waals surface area contributed by atoms with E-state index in [0.29, 0.717) is 13.1 Å². The van der Waals surface area contributed by atoms with Crippen LogP contribution in [0.4, 0.5) is 0 Å². The molecule has 0 atom stereocenters. The summed E-state index contributed by atoms with van der Waals surface area (Å²) in [5, 5.41) is 3.71. The van der Waals surface area contributed by atoms with Crippen molar-refractivity contribution < 1.29 is 0 Å². The SMILES string of the molecule is Cc1nc2ccc(Cl)cc2n1Cc1csc(CN)n1. The first-order valence-corrected chi connectivity index (χ1v) is 7.19. The number of halogens is 1. The lowest BCUT2D eigenvalue weighted by Gasteiger charge is -2.04. The third kappa shape index (κ3) is 2.36. The van der Waals surface area contributed by atoms with Crippen molar-refractivity contribution in [3.8, 4) is 0 Å². The Morgan fingerprint density at radius 3 is 2.95 bits per heavy atom. The predicted octanol–water partition coefficient (Wildman–Crippen LogP) is 2.96. The molecule has 0 saturated heterocycles. The van der Waals surface area contributed by atoms with Gasteiger partial charge in [-0.3, -0.25) is 0 Å². The van der Waals surface area contributed by atoms with Crippen LogP contribution in [0.15, 0.2) is 23.6 Å². The number of benzene rings is 1. The summed E-state index contributed by atoms with van der Waals surface area (Å²) in [4.78, 5) is 9.02. The molecule has 2 aromatic heterocycles. The summed E-state index contributed by atoms with van der Waals surface area (Å²) in [7, 11) is 0. The fourth-order valence-corrected chi connectivity index (χ4v) is 2.93. The summed E-state index contributed by atoms with van der Waals surface area (Å²) in [5.74, 6) is 0.958. The highest BCUT2D eigenvalue weighted by Crippen LogP contribution is 2.22.